The van der Waals surface area contributed by atoms with Crippen LogP contribution < -0.4 is 11.1 Å². The summed E-state index contributed by atoms with van der Waals surface area (Å²) in [5.41, 5.74) is 6.99. The third-order valence-corrected chi connectivity index (χ3v) is 2.85. The Balaban J connectivity index is 2.03. The summed E-state index contributed by atoms with van der Waals surface area (Å²) in [4.78, 5) is 15.9. The van der Waals surface area contributed by atoms with Crippen LogP contribution in [0.5, 0.6) is 0 Å². The van der Waals surface area contributed by atoms with E-state index in [2.05, 4.69) is 20.5 Å². The molecule has 3 N–H and O–H groups in total. The average Bonchev–Trinajstić information content (AvgIpc) is 2.47. The fourth-order valence-electron chi connectivity index (χ4n) is 1.66. The maximum absolute atomic E-state index is 12.0. The summed E-state index contributed by atoms with van der Waals surface area (Å²) in [5.74, 6) is -0.449. The van der Waals surface area contributed by atoms with E-state index in [4.69, 9.17) is 5.73 Å². The minimum atomic E-state index is -0.397. The first-order valence-corrected chi connectivity index (χ1v) is 5.93. The number of nitrogens with two attached hydrogens (primary N) is 1. The van der Waals surface area contributed by atoms with Gasteiger partial charge in [-0.15, -0.1) is 5.10 Å². The highest BCUT2D eigenvalue weighted by atomic mass is 16.2. The van der Waals surface area contributed by atoms with E-state index in [0.717, 1.165) is 5.56 Å². The van der Waals surface area contributed by atoms with Crippen LogP contribution in [0.1, 0.15) is 18.5 Å². The minimum absolute atomic E-state index is 0.180. The molecular formula is C13H15N5O. The molecule has 6 nitrogen and oxygen atoms in total. The number of hydrogen-bond acceptors (Lipinski definition) is 5. The van der Waals surface area contributed by atoms with Crippen LogP contribution in [0.2, 0.25) is 0 Å². The minimum Gasteiger partial charge on any atom is -0.323 e. The van der Waals surface area contributed by atoms with E-state index in [1.807, 2.05) is 30.3 Å². The fraction of sp³-hybridized carbons (Fsp3) is 0.231. The number of carbonyl (C=O) groups is 1. The Morgan fingerprint density at radius 3 is 2.63 bits per heavy atom. The zero-order valence-electron chi connectivity index (χ0n) is 10.5. The zero-order chi connectivity index (χ0) is 13.7. The largest absolute Gasteiger partial charge is 0.323 e. The molecule has 98 valence electrons. The van der Waals surface area contributed by atoms with Crippen LogP contribution in [0.3, 0.4) is 0 Å². The SMILES string of the molecule is CC(C(=O)Nc1nccnn1)C(N)c1ccccc1. The van der Waals surface area contributed by atoms with Crippen molar-refractivity contribution in [3.63, 3.8) is 0 Å². The van der Waals surface area contributed by atoms with Gasteiger partial charge in [0, 0.05) is 6.04 Å². The molecule has 0 aliphatic carbocycles. The first kappa shape index (κ1) is 13.1. The molecule has 0 spiro atoms. The molecule has 1 heterocycles. The Bertz CT molecular complexity index is 531. The lowest BCUT2D eigenvalue weighted by molar-refractivity contribution is -0.120. The van der Waals surface area contributed by atoms with Crippen LogP contribution in [-0.2, 0) is 4.79 Å². The van der Waals surface area contributed by atoms with Crippen molar-refractivity contribution < 1.29 is 4.79 Å². The van der Waals surface area contributed by atoms with Gasteiger partial charge in [-0.1, -0.05) is 37.3 Å². The van der Waals surface area contributed by atoms with Gasteiger partial charge in [-0.3, -0.25) is 10.1 Å². The number of nitrogens with one attached hydrogen (secondary N) is 1. The lowest BCUT2D eigenvalue weighted by atomic mass is 9.95. The summed E-state index contributed by atoms with van der Waals surface area (Å²) in [6.07, 6.45) is 2.90. The monoisotopic (exact) mass is 257 g/mol. The van der Waals surface area contributed by atoms with Crippen molar-refractivity contribution in [3.8, 4) is 0 Å². The van der Waals surface area contributed by atoms with Gasteiger partial charge in [-0.05, 0) is 5.56 Å². The molecule has 2 atom stereocenters. The van der Waals surface area contributed by atoms with Crippen molar-refractivity contribution >= 4 is 11.9 Å². The predicted octanol–water partition coefficient (Wildman–Crippen LogP) is 1.15. The predicted molar refractivity (Wildman–Crippen MR) is 71.0 cm³/mol. The smallest absolute Gasteiger partial charge is 0.249 e. The van der Waals surface area contributed by atoms with E-state index in [9.17, 15) is 4.79 Å². The maximum atomic E-state index is 12.0. The summed E-state index contributed by atoms with van der Waals surface area (Å²) in [6, 6.07) is 9.11. The van der Waals surface area contributed by atoms with Gasteiger partial charge in [-0.2, -0.15) is 5.10 Å². The number of rotatable bonds is 4. The van der Waals surface area contributed by atoms with E-state index in [0.29, 0.717) is 0 Å². The molecule has 1 aromatic heterocycles. The van der Waals surface area contributed by atoms with Crippen LogP contribution >= 0.6 is 0 Å². The lowest BCUT2D eigenvalue weighted by Crippen LogP contribution is -2.31. The Morgan fingerprint density at radius 1 is 1.26 bits per heavy atom. The van der Waals surface area contributed by atoms with Gasteiger partial charge in [0.1, 0.15) is 0 Å². The standard InChI is InChI=1S/C13H15N5O/c1-9(11(14)10-5-3-2-4-6-10)12(19)17-13-15-7-8-16-18-13/h2-9,11H,14H2,1H3,(H,15,17,18,19). The first-order chi connectivity index (χ1) is 9.18. The van der Waals surface area contributed by atoms with Crippen molar-refractivity contribution in [1.29, 1.82) is 0 Å². The second kappa shape index (κ2) is 6.01. The Labute approximate surface area is 111 Å². The van der Waals surface area contributed by atoms with Gasteiger partial charge in [0.15, 0.2) is 0 Å². The molecule has 2 aromatic rings. The average molecular weight is 257 g/mol. The molecule has 0 radical (unpaired) electrons. The molecule has 6 heteroatoms. The third kappa shape index (κ3) is 3.32. The number of hydrogen-bond donors (Lipinski definition) is 2. The first-order valence-electron chi connectivity index (χ1n) is 5.93. The molecule has 0 saturated carbocycles. The summed E-state index contributed by atoms with van der Waals surface area (Å²) in [5, 5.41) is 9.93. The number of amides is 1. The Hall–Kier alpha value is -2.34. The molecule has 1 amide bonds. The maximum Gasteiger partial charge on any atom is 0.249 e. The second-order valence-corrected chi connectivity index (χ2v) is 4.18. The van der Waals surface area contributed by atoms with E-state index in [-0.39, 0.29) is 17.9 Å². The molecule has 2 rings (SSSR count). The lowest BCUT2D eigenvalue weighted by Gasteiger charge is -2.19. The van der Waals surface area contributed by atoms with Crippen LogP contribution in [0.4, 0.5) is 5.95 Å². The van der Waals surface area contributed by atoms with Gasteiger partial charge < -0.3 is 5.73 Å². The van der Waals surface area contributed by atoms with Crippen LogP contribution in [0, 0.1) is 5.92 Å². The quantitative estimate of drug-likeness (QED) is 0.856. The molecule has 0 aliphatic heterocycles. The van der Waals surface area contributed by atoms with Crippen molar-refractivity contribution in [1.82, 2.24) is 15.2 Å². The molecule has 0 fully saturated rings. The normalized spacial score (nSPS) is 13.6. The highest BCUT2D eigenvalue weighted by molar-refractivity contribution is 5.91. The third-order valence-electron chi connectivity index (χ3n) is 2.85. The van der Waals surface area contributed by atoms with E-state index in [1.54, 1.807) is 6.92 Å². The van der Waals surface area contributed by atoms with Gasteiger partial charge in [0.2, 0.25) is 11.9 Å². The van der Waals surface area contributed by atoms with Crippen LogP contribution in [0.25, 0.3) is 0 Å². The van der Waals surface area contributed by atoms with Crippen molar-refractivity contribution in [3.05, 3.63) is 48.3 Å². The topological polar surface area (TPSA) is 93.8 Å². The summed E-state index contributed by atoms with van der Waals surface area (Å²) < 4.78 is 0. The Morgan fingerprint density at radius 2 is 2.00 bits per heavy atom. The summed E-state index contributed by atoms with van der Waals surface area (Å²) in [6.45, 7) is 1.77. The summed E-state index contributed by atoms with van der Waals surface area (Å²) >= 11 is 0. The highest BCUT2D eigenvalue weighted by Gasteiger charge is 2.22. The van der Waals surface area contributed by atoms with Crippen LogP contribution in [0.15, 0.2) is 42.7 Å². The van der Waals surface area contributed by atoms with Crippen molar-refractivity contribution in [2.24, 2.45) is 11.7 Å². The molecule has 0 bridgehead atoms. The number of aromatic nitrogens is 3. The number of carbonyl (C=O) groups excluding carboxylic acids is 1. The Kier molecular flexibility index (Phi) is 4.15. The van der Waals surface area contributed by atoms with Crippen molar-refractivity contribution in [2.75, 3.05) is 5.32 Å². The van der Waals surface area contributed by atoms with E-state index in [1.165, 1.54) is 12.4 Å². The molecule has 19 heavy (non-hydrogen) atoms. The van der Waals surface area contributed by atoms with Crippen LogP contribution in [-0.4, -0.2) is 21.1 Å². The molecule has 0 aliphatic rings. The summed E-state index contributed by atoms with van der Waals surface area (Å²) in [7, 11) is 0. The number of nitrogens with zero attached hydrogens (tertiary/aromatic N) is 3. The molecule has 1 aromatic carbocycles. The van der Waals surface area contributed by atoms with Gasteiger partial charge in [-0.25, -0.2) is 4.98 Å². The molecular weight excluding hydrogens is 242 g/mol. The second-order valence-electron chi connectivity index (χ2n) is 4.18. The van der Waals surface area contributed by atoms with Crippen molar-refractivity contribution in [2.45, 2.75) is 13.0 Å². The van der Waals surface area contributed by atoms with E-state index < -0.39 is 5.92 Å². The highest BCUT2D eigenvalue weighted by Crippen LogP contribution is 2.19. The van der Waals surface area contributed by atoms with Gasteiger partial charge >= 0.3 is 0 Å². The molecule has 0 saturated heterocycles. The van der Waals surface area contributed by atoms with E-state index >= 15 is 0 Å². The van der Waals surface area contributed by atoms with Gasteiger partial charge in [0.25, 0.3) is 0 Å². The number of benzene rings is 1. The fourth-order valence-corrected chi connectivity index (χ4v) is 1.66. The van der Waals surface area contributed by atoms with Gasteiger partial charge in [0.05, 0.1) is 18.3 Å². The molecule has 2 unspecified atom stereocenters. The number of anilines is 1. The zero-order valence-corrected chi connectivity index (χ0v) is 10.5.